The van der Waals surface area contributed by atoms with Crippen LogP contribution in [0.15, 0.2) is 40.4 Å². The van der Waals surface area contributed by atoms with Crippen LogP contribution in [0.4, 0.5) is 10.5 Å². The minimum absolute atomic E-state index is 0.132. The van der Waals surface area contributed by atoms with Gasteiger partial charge in [-0.25, -0.2) is 9.69 Å². The van der Waals surface area contributed by atoms with E-state index in [4.69, 9.17) is 38.4 Å². The maximum atomic E-state index is 13.0. The zero-order chi connectivity index (χ0) is 23.6. The van der Waals surface area contributed by atoms with Crippen LogP contribution in [0.1, 0.15) is 5.56 Å². The number of carbonyl (C=O) groups excluding carboxylic acids is 4. The summed E-state index contributed by atoms with van der Waals surface area (Å²) in [6.45, 7) is -0.378. The SMILES string of the molecule is COc1cc(/C=C2\C(=O)NC(=O)N(c3ccc(Cl)c(Cl)c3)C2=O)cc(Br)c1OCC(N)=O. The number of ether oxygens (including phenoxy) is 2. The Bertz CT molecular complexity index is 1180. The number of methoxy groups -OCH3 is 1. The molecule has 3 rings (SSSR count). The van der Waals surface area contributed by atoms with Crippen molar-refractivity contribution in [3.8, 4) is 11.5 Å². The number of amides is 5. The minimum atomic E-state index is -0.926. The van der Waals surface area contributed by atoms with E-state index in [0.717, 1.165) is 4.90 Å². The number of barbiturate groups is 1. The van der Waals surface area contributed by atoms with Gasteiger partial charge in [-0.2, -0.15) is 0 Å². The Balaban J connectivity index is 2.01. The van der Waals surface area contributed by atoms with Gasteiger partial charge in [0.1, 0.15) is 5.57 Å². The monoisotopic (exact) mass is 541 g/mol. The minimum Gasteiger partial charge on any atom is -0.493 e. The van der Waals surface area contributed by atoms with Crippen LogP contribution in [0.2, 0.25) is 10.0 Å². The number of hydrogen-bond donors (Lipinski definition) is 2. The number of urea groups is 1. The molecule has 166 valence electrons. The molecule has 1 saturated heterocycles. The first kappa shape index (κ1) is 23.6. The van der Waals surface area contributed by atoms with E-state index >= 15 is 0 Å². The first-order valence-electron chi connectivity index (χ1n) is 8.77. The molecule has 1 fully saturated rings. The normalized spacial score (nSPS) is 15.1. The molecule has 9 nitrogen and oxygen atoms in total. The lowest BCUT2D eigenvalue weighted by Gasteiger charge is -2.26. The summed E-state index contributed by atoms with van der Waals surface area (Å²) in [7, 11) is 1.37. The summed E-state index contributed by atoms with van der Waals surface area (Å²) >= 11 is 15.2. The third-order valence-corrected chi connectivity index (χ3v) is 5.51. The molecule has 1 aliphatic heterocycles. The molecule has 12 heteroatoms. The van der Waals surface area contributed by atoms with Crippen LogP contribution in [0, 0.1) is 0 Å². The second-order valence-electron chi connectivity index (χ2n) is 6.35. The van der Waals surface area contributed by atoms with Crippen LogP contribution in [0.25, 0.3) is 6.08 Å². The standard InChI is InChI=1S/C20H14BrCl2N3O6/c1-31-15-6-9(5-12(21)17(15)32-8-16(24)27)4-11-18(28)25-20(30)26(19(11)29)10-2-3-13(22)14(23)7-10/h2-7H,8H2,1H3,(H2,24,27)(H,25,28,30)/b11-4+. The largest absolute Gasteiger partial charge is 0.493 e. The number of nitrogens with two attached hydrogens (primary N) is 1. The van der Waals surface area contributed by atoms with Crippen LogP contribution in [-0.2, 0) is 14.4 Å². The van der Waals surface area contributed by atoms with Gasteiger partial charge in [0.15, 0.2) is 18.1 Å². The summed E-state index contributed by atoms with van der Waals surface area (Å²) in [5.41, 5.74) is 5.30. The van der Waals surface area contributed by atoms with Gasteiger partial charge in [0.05, 0.1) is 27.3 Å². The molecular weight excluding hydrogens is 529 g/mol. The van der Waals surface area contributed by atoms with Crippen molar-refractivity contribution < 1.29 is 28.7 Å². The van der Waals surface area contributed by atoms with Gasteiger partial charge in [0, 0.05) is 0 Å². The molecule has 2 aromatic carbocycles. The van der Waals surface area contributed by atoms with E-state index in [-0.39, 0.29) is 39.4 Å². The Morgan fingerprint density at radius 2 is 1.91 bits per heavy atom. The first-order valence-corrected chi connectivity index (χ1v) is 10.3. The van der Waals surface area contributed by atoms with Crippen LogP contribution in [0.3, 0.4) is 0 Å². The highest BCUT2D eigenvalue weighted by atomic mass is 79.9. The first-order chi connectivity index (χ1) is 15.1. The summed E-state index contributed by atoms with van der Waals surface area (Å²) in [6.07, 6.45) is 1.28. The van der Waals surface area contributed by atoms with Gasteiger partial charge in [-0.1, -0.05) is 23.2 Å². The quantitative estimate of drug-likeness (QED) is 0.426. The number of rotatable bonds is 6. The number of benzene rings is 2. The fraction of sp³-hybridized carbons (Fsp3) is 0.100. The summed E-state index contributed by atoms with van der Waals surface area (Å²) < 4.78 is 11.0. The predicted molar refractivity (Wildman–Crippen MR) is 121 cm³/mol. The maximum Gasteiger partial charge on any atom is 0.335 e. The second-order valence-corrected chi connectivity index (χ2v) is 8.01. The van der Waals surface area contributed by atoms with E-state index in [0.29, 0.717) is 10.0 Å². The molecule has 0 saturated carbocycles. The lowest BCUT2D eigenvalue weighted by Crippen LogP contribution is -2.54. The van der Waals surface area contributed by atoms with Gasteiger partial charge >= 0.3 is 6.03 Å². The molecule has 0 aliphatic carbocycles. The summed E-state index contributed by atoms with van der Waals surface area (Å²) in [5, 5.41) is 2.48. The number of anilines is 1. The summed E-state index contributed by atoms with van der Waals surface area (Å²) in [5.74, 6) is -1.99. The van der Waals surface area contributed by atoms with Crippen molar-refractivity contribution >= 4 is 74.6 Å². The van der Waals surface area contributed by atoms with Crippen molar-refractivity contribution in [1.82, 2.24) is 5.32 Å². The fourth-order valence-electron chi connectivity index (χ4n) is 2.79. The Labute approximate surface area is 200 Å². The molecule has 2 aromatic rings. The molecule has 0 atom stereocenters. The van der Waals surface area contributed by atoms with E-state index in [1.54, 1.807) is 0 Å². The van der Waals surface area contributed by atoms with Crippen LogP contribution < -0.4 is 25.4 Å². The number of hydrogen-bond acceptors (Lipinski definition) is 6. The van der Waals surface area contributed by atoms with Gasteiger partial charge in [-0.05, 0) is 57.9 Å². The number of imide groups is 2. The van der Waals surface area contributed by atoms with Crippen LogP contribution in [-0.4, -0.2) is 37.5 Å². The van der Waals surface area contributed by atoms with Crippen molar-refractivity contribution in [3.63, 3.8) is 0 Å². The van der Waals surface area contributed by atoms with Gasteiger partial charge in [0.25, 0.3) is 17.7 Å². The zero-order valence-corrected chi connectivity index (χ0v) is 19.4. The number of carbonyl (C=O) groups is 4. The second kappa shape index (κ2) is 9.60. The number of nitrogens with one attached hydrogen (secondary N) is 1. The van der Waals surface area contributed by atoms with Gasteiger partial charge in [-0.3, -0.25) is 19.7 Å². The van der Waals surface area contributed by atoms with Crippen molar-refractivity contribution in [2.24, 2.45) is 5.73 Å². The Hall–Kier alpha value is -3.08. The highest BCUT2D eigenvalue weighted by molar-refractivity contribution is 9.10. The van der Waals surface area contributed by atoms with Gasteiger partial charge in [0.2, 0.25) is 0 Å². The van der Waals surface area contributed by atoms with Crippen LogP contribution >= 0.6 is 39.1 Å². The zero-order valence-electron chi connectivity index (χ0n) is 16.3. The van der Waals surface area contributed by atoms with Crippen molar-refractivity contribution in [2.45, 2.75) is 0 Å². The number of halogens is 3. The Kier molecular flexibility index (Phi) is 7.07. The highest BCUT2D eigenvalue weighted by Gasteiger charge is 2.37. The summed E-state index contributed by atoms with van der Waals surface area (Å²) in [4.78, 5) is 49.5. The number of nitrogens with zero attached hydrogens (tertiary/aromatic N) is 1. The molecule has 1 heterocycles. The van der Waals surface area contributed by atoms with Gasteiger partial charge < -0.3 is 15.2 Å². The average Bonchev–Trinajstić information content (AvgIpc) is 2.72. The van der Waals surface area contributed by atoms with Crippen molar-refractivity contribution in [1.29, 1.82) is 0 Å². The maximum absolute atomic E-state index is 13.0. The average molecular weight is 543 g/mol. The number of primary amides is 1. The lowest BCUT2D eigenvalue weighted by molar-refractivity contribution is -0.123. The topological polar surface area (TPSA) is 128 Å². The van der Waals surface area contributed by atoms with E-state index in [9.17, 15) is 19.2 Å². The van der Waals surface area contributed by atoms with Crippen molar-refractivity contribution in [3.05, 3.63) is 56.0 Å². The predicted octanol–water partition coefficient (Wildman–Crippen LogP) is 3.30. The molecule has 0 spiro atoms. The molecule has 3 N–H and O–H groups in total. The molecule has 32 heavy (non-hydrogen) atoms. The molecular formula is C20H14BrCl2N3O6. The van der Waals surface area contributed by atoms with Crippen LogP contribution in [0.5, 0.6) is 11.5 Å². The third kappa shape index (κ3) is 4.87. The fourth-order valence-corrected chi connectivity index (χ4v) is 3.66. The van der Waals surface area contributed by atoms with E-state index in [1.807, 2.05) is 0 Å². The third-order valence-electron chi connectivity index (χ3n) is 4.18. The molecule has 0 aromatic heterocycles. The van der Waals surface area contributed by atoms with E-state index in [1.165, 1.54) is 43.5 Å². The highest BCUT2D eigenvalue weighted by Crippen LogP contribution is 2.37. The Morgan fingerprint density at radius 3 is 2.53 bits per heavy atom. The molecule has 5 amide bonds. The molecule has 0 unspecified atom stereocenters. The van der Waals surface area contributed by atoms with Crippen molar-refractivity contribution in [2.75, 3.05) is 18.6 Å². The lowest BCUT2D eigenvalue weighted by atomic mass is 10.1. The smallest absolute Gasteiger partial charge is 0.335 e. The molecule has 0 radical (unpaired) electrons. The molecule has 0 bridgehead atoms. The summed E-state index contributed by atoms with van der Waals surface area (Å²) in [6, 6.07) is 6.26. The van der Waals surface area contributed by atoms with Gasteiger partial charge in [-0.15, -0.1) is 0 Å². The Morgan fingerprint density at radius 1 is 1.19 bits per heavy atom. The van der Waals surface area contributed by atoms with E-state index < -0.39 is 23.8 Å². The molecule has 1 aliphatic rings. The van der Waals surface area contributed by atoms with E-state index in [2.05, 4.69) is 21.2 Å².